The molecule has 4 nitrogen and oxygen atoms in total. The molecule has 31 heavy (non-hydrogen) atoms. The third-order valence-electron chi connectivity index (χ3n) is 5.20. The van der Waals surface area contributed by atoms with Crippen LogP contribution >= 0.6 is 0 Å². The maximum atomic E-state index is 12.8. The maximum Gasteiger partial charge on any atom is 0.416 e. The molecular weight excluding hydrogens is 405 g/mol. The van der Waals surface area contributed by atoms with E-state index < -0.39 is 11.7 Å². The molecule has 0 aliphatic carbocycles. The molecule has 1 aliphatic heterocycles. The van der Waals surface area contributed by atoms with Crippen molar-refractivity contribution in [3.05, 3.63) is 70.8 Å². The van der Waals surface area contributed by atoms with Crippen LogP contribution in [0.2, 0.25) is 0 Å². The predicted molar refractivity (Wildman–Crippen MR) is 114 cm³/mol. The molecule has 0 N–H and O–H groups in total. The van der Waals surface area contributed by atoms with Crippen molar-refractivity contribution < 1.29 is 22.8 Å². The fraction of sp³-hybridized carbons (Fsp3) is 0.417. The lowest BCUT2D eigenvalue weighted by Gasteiger charge is -2.26. The summed E-state index contributed by atoms with van der Waals surface area (Å²) in [5, 5.41) is 4.22. The van der Waals surface area contributed by atoms with E-state index in [1.54, 1.807) is 4.90 Å². The van der Waals surface area contributed by atoms with Crippen molar-refractivity contribution in [1.82, 2.24) is 4.90 Å². The zero-order valence-corrected chi connectivity index (χ0v) is 17.9. The zero-order chi connectivity index (χ0) is 22.6. The van der Waals surface area contributed by atoms with E-state index in [2.05, 4.69) is 5.16 Å². The lowest BCUT2D eigenvalue weighted by molar-refractivity contribution is -0.138. The highest BCUT2D eigenvalue weighted by Crippen LogP contribution is 2.29. The van der Waals surface area contributed by atoms with E-state index in [1.807, 2.05) is 45.0 Å². The van der Waals surface area contributed by atoms with Crippen LogP contribution in [0.3, 0.4) is 0 Å². The fourth-order valence-corrected chi connectivity index (χ4v) is 3.58. The van der Waals surface area contributed by atoms with Crippen LogP contribution < -0.4 is 0 Å². The summed E-state index contributed by atoms with van der Waals surface area (Å²) in [6, 6.07) is 12.8. The number of rotatable bonds is 7. The van der Waals surface area contributed by atoms with Crippen LogP contribution in [0.5, 0.6) is 0 Å². The first-order valence-corrected chi connectivity index (χ1v) is 10.4. The molecule has 0 saturated carbocycles. The summed E-state index contributed by atoms with van der Waals surface area (Å²) in [5.74, 6) is 0.119. The maximum absolute atomic E-state index is 12.8. The standard InChI is InChI=1S/C24H27F3N2O2/c1-16(2)12-23(30)29(14-18-8-10-19(11-9-18)24(25,26)27)15-20-13-22(28-31-20)21-7-5-4-6-17(21)3/h4-11,16,20H,12-15H2,1-3H3. The number of carbonyl (C=O) groups is 1. The van der Waals surface area contributed by atoms with Gasteiger partial charge in [-0.05, 0) is 36.1 Å². The summed E-state index contributed by atoms with van der Waals surface area (Å²) in [4.78, 5) is 20.1. The van der Waals surface area contributed by atoms with Crippen LogP contribution in [0.15, 0.2) is 53.7 Å². The summed E-state index contributed by atoms with van der Waals surface area (Å²) in [7, 11) is 0. The van der Waals surface area contributed by atoms with Crippen molar-refractivity contribution in [2.45, 2.75) is 52.4 Å². The van der Waals surface area contributed by atoms with Crippen LogP contribution in [0.4, 0.5) is 13.2 Å². The molecule has 0 saturated heterocycles. The molecule has 1 aliphatic rings. The van der Waals surface area contributed by atoms with E-state index in [0.717, 1.165) is 29.0 Å². The first-order valence-electron chi connectivity index (χ1n) is 10.4. The van der Waals surface area contributed by atoms with E-state index in [9.17, 15) is 18.0 Å². The molecule has 0 radical (unpaired) electrons. The number of hydrogen-bond acceptors (Lipinski definition) is 3. The molecule has 0 spiro atoms. The molecule has 0 bridgehead atoms. The minimum Gasteiger partial charge on any atom is -0.390 e. The molecule has 0 aromatic heterocycles. The van der Waals surface area contributed by atoms with Crippen molar-refractivity contribution in [3.63, 3.8) is 0 Å². The summed E-state index contributed by atoms with van der Waals surface area (Å²) in [6.07, 6.45) is -3.74. The van der Waals surface area contributed by atoms with Crippen LogP contribution in [-0.2, 0) is 22.4 Å². The Morgan fingerprint density at radius 2 is 1.84 bits per heavy atom. The molecule has 0 fully saturated rings. The number of alkyl halides is 3. The highest BCUT2D eigenvalue weighted by atomic mass is 19.4. The van der Waals surface area contributed by atoms with Crippen LogP contribution in [-0.4, -0.2) is 29.2 Å². The number of halogens is 3. The van der Waals surface area contributed by atoms with Gasteiger partial charge in [-0.2, -0.15) is 13.2 Å². The second kappa shape index (κ2) is 9.54. The van der Waals surface area contributed by atoms with E-state index in [-0.39, 0.29) is 24.5 Å². The highest BCUT2D eigenvalue weighted by Gasteiger charge is 2.31. The Labute approximate surface area is 180 Å². The SMILES string of the molecule is Cc1ccccc1C1=NOC(CN(Cc2ccc(C(F)(F)F)cc2)C(=O)CC(C)C)C1. The van der Waals surface area contributed by atoms with E-state index in [1.165, 1.54) is 12.1 Å². The van der Waals surface area contributed by atoms with Gasteiger partial charge in [0.15, 0.2) is 6.10 Å². The number of benzene rings is 2. The van der Waals surface area contributed by atoms with Gasteiger partial charge < -0.3 is 9.74 Å². The van der Waals surface area contributed by atoms with Gasteiger partial charge in [0.1, 0.15) is 0 Å². The fourth-order valence-electron chi connectivity index (χ4n) is 3.58. The zero-order valence-electron chi connectivity index (χ0n) is 17.9. The summed E-state index contributed by atoms with van der Waals surface area (Å²) < 4.78 is 38.5. The number of hydrogen-bond donors (Lipinski definition) is 0. The monoisotopic (exact) mass is 432 g/mol. The Morgan fingerprint density at radius 3 is 2.45 bits per heavy atom. The van der Waals surface area contributed by atoms with Gasteiger partial charge in [-0.15, -0.1) is 0 Å². The second-order valence-corrected chi connectivity index (χ2v) is 8.35. The third-order valence-corrected chi connectivity index (χ3v) is 5.20. The Morgan fingerprint density at radius 1 is 1.16 bits per heavy atom. The first-order chi connectivity index (χ1) is 14.6. The minimum absolute atomic E-state index is 0.0529. The number of amides is 1. The molecule has 3 rings (SSSR count). The van der Waals surface area contributed by atoms with Gasteiger partial charge in [0, 0.05) is 24.9 Å². The lowest BCUT2D eigenvalue weighted by atomic mass is 10.00. The molecule has 1 unspecified atom stereocenters. The van der Waals surface area contributed by atoms with Crippen molar-refractivity contribution in [3.8, 4) is 0 Å². The summed E-state index contributed by atoms with van der Waals surface area (Å²) in [5.41, 5.74) is 2.90. The van der Waals surface area contributed by atoms with Gasteiger partial charge in [0.2, 0.25) is 5.91 Å². The molecular formula is C24H27F3N2O2. The molecule has 1 heterocycles. The summed E-state index contributed by atoms with van der Waals surface area (Å²) >= 11 is 0. The number of carbonyl (C=O) groups excluding carboxylic acids is 1. The second-order valence-electron chi connectivity index (χ2n) is 8.35. The molecule has 1 atom stereocenters. The third kappa shape index (κ3) is 6.09. The molecule has 2 aromatic rings. The van der Waals surface area contributed by atoms with Gasteiger partial charge in [-0.1, -0.05) is 55.4 Å². The molecule has 1 amide bonds. The van der Waals surface area contributed by atoms with Gasteiger partial charge in [0.25, 0.3) is 0 Å². The first kappa shape index (κ1) is 22.8. The Kier molecular flexibility index (Phi) is 7.03. The Balaban J connectivity index is 1.70. The Bertz CT molecular complexity index is 937. The van der Waals surface area contributed by atoms with Crippen LogP contribution in [0.25, 0.3) is 0 Å². The quantitative estimate of drug-likeness (QED) is 0.573. The Hall–Kier alpha value is -2.83. The summed E-state index contributed by atoms with van der Waals surface area (Å²) in [6.45, 7) is 6.47. The molecule has 2 aromatic carbocycles. The van der Waals surface area contributed by atoms with E-state index in [0.29, 0.717) is 24.9 Å². The van der Waals surface area contributed by atoms with Crippen molar-refractivity contribution in [1.29, 1.82) is 0 Å². The van der Waals surface area contributed by atoms with Crippen molar-refractivity contribution in [2.75, 3.05) is 6.54 Å². The van der Waals surface area contributed by atoms with Crippen LogP contribution in [0, 0.1) is 12.8 Å². The van der Waals surface area contributed by atoms with Gasteiger partial charge in [0.05, 0.1) is 17.8 Å². The smallest absolute Gasteiger partial charge is 0.390 e. The average Bonchev–Trinajstić information content (AvgIpc) is 3.15. The van der Waals surface area contributed by atoms with E-state index >= 15 is 0 Å². The van der Waals surface area contributed by atoms with Crippen molar-refractivity contribution >= 4 is 11.6 Å². The predicted octanol–water partition coefficient (Wildman–Crippen LogP) is 5.58. The van der Waals surface area contributed by atoms with Gasteiger partial charge in [-0.3, -0.25) is 4.79 Å². The normalized spacial score (nSPS) is 16.2. The van der Waals surface area contributed by atoms with Gasteiger partial charge in [-0.25, -0.2) is 0 Å². The topological polar surface area (TPSA) is 41.9 Å². The minimum atomic E-state index is -4.38. The lowest BCUT2D eigenvalue weighted by Crippen LogP contribution is -2.37. The highest BCUT2D eigenvalue weighted by molar-refractivity contribution is 6.02. The average molecular weight is 432 g/mol. The number of oxime groups is 1. The largest absolute Gasteiger partial charge is 0.416 e. The molecule has 7 heteroatoms. The van der Waals surface area contributed by atoms with Gasteiger partial charge >= 0.3 is 6.18 Å². The molecule has 166 valence electrons. The number of nitrogens with zero attached hydrogens (tertiary/aromatic N) is 2. The number of aryl methyl sites for hydroxylation is 1. The van der Waals surface area contributed by atoms with Crippen molar-refractivity contribution in [2.24, 2.45) is 11.1 Å². The van der Waals surface area contributed by atoms with E-state index in [4.69, 9.17) is 4.84 Å². The van der Waals surface area contributed by atoms with Crippen LogP contribution in [0.1, 0.15) is 48.9 Å².